The Hall–Kier alpha value is -2.86. The SMILES string of the molecule is CC(=O)c1ccc(N2CCN(C(=O)COc3ccc4cc(Br)ccc4c3)CC2)cc1. The van der Waals surface area contributed by atoms with Gasteiger partial charge in [-0.15, -0.1) is 0 Å². The molecule has 0 aromatic heterocycles. The molecule has 0 spiro atoms. The third kappa shape index (κ3) is 4.65. The Morgan fingerprint density at radius 1 is 0.900 bits per heavy atom. The summed E-state index contributed by atoms with van der Waals surface area (Å²) >= 11 is 3.47. The minimum absolute atomic E-state index is 0.00233. The van der Waals surface area contributed by atoms with Crippen LogP contribution in [0.5, 0.6) is 5.75 Å². The van der Waals surface area contributed by atoms with Gasteiger partial charge in [-0.1, -0.05) is 28.1 Å². The summed E-state index contributed by atoms with van der Waals surface area (Å²) in [7, 11) is 0. The minimum atomic E-state index is -0.00233. The van der Waals surface area contributed by atoms with Crippen molar-refractivity contribution in [2.75, 3.05) is 37.7 Å². The van der Waals surface area contributed by atoms with Crippen molar-refractivity contribution < 1.29 is 14.3 Å². The van der Waals surface area contributed by atoms with Gasteiger partial charge in [-0.2, -0.15) is 0 Å². The molecular weight excluding hydrogens is 444 g/mol. The maximum absolute atomic E-state index is 12.6. The van der Waals surface area contributed by atoms with Crippen LogP contribution in [-0.4, -0.2) is 49.4 Å². The molecule has 1 amide bonds. The number of ether oxygens (including phenoxy) is 1. The molecule has 1 saturated heterocycles. The number of amides is 1. The number of hydrogen-bond donors (Lipinski definition) is 0. The number of piperazine rings is 1. The van der Waals surface area contributed by atoms with Gasteiger partial charge in [-0.3, -0.25) is 9.59 Å². The smallest absolute Gasteiger partial charge is 0.260 e. The van der Waals surface area contributed by atoms with E-state index in [0.717, 1.165) is 34.0 Å². The number of anilines is 1. The maximum Gasteiger partial charge on any atom is 0.260 e. The molecule has 30 heavy (non-hydrogen) atoms. The summed E-state index contributed by atoms with van der Waals surface area (Å²) in [5.74, 6) is 0.760. The maximum atomic E-state index is 12.6. The lowest BCUT2D eigenvalue weighted by Gasteiger charge is -2.36. The molecule has 3 aromatic carbocycles. The Morgan fingerprint density at radius 3 is 2.27 bits per heavy atom. The molecule has 4 rings (SSSR count). The molecule has 0 unspecified atom stereocenters. The van der Waals surface area contributed by atoms with Crippen LogP contribution >= 0.6 is 15.9 Å². The number of benzene rings is 3. The van der Waals surface area contributed by atoms with E-state index in [2.05, 4.69) is 26.9 Å². The van der Waals surface area contributed by atoms with Crippen LogP contribution in [0.3, 0.4) is 0 Å². The van der Waals surface area contributed by atoms with E-state index in [-0.39, 0.29) is 18.3 Å². The summed E-state index contributed by atoms with van der Waals surface area (Å²) in [6, 6.07) is 19.6. The number of carbonyl (C=O) groups is 2. The number of Topliss-reactive ketones (excluding diaryl/α,β-unsaturated/α-hetero) is 1. The highest BCUT2D eigenvalue weighted by molar-refractivity contribution is 9.10. The van der Waals surface area contributed by atoms with E-state index < -0.39 is 0 Å². The number of hydrogen-bond acceptors (Lipinski definition) is 4. The number of nitrogens with zero attached hydrogens (tertiary/aromatic N) is 2. The number of rotatable bonds is 5. The Morgan fingerprint density at radius 2 is 1.57 bits per heavy atom. The van der Waals surface area contributed by atoms with Crippen LogP contribution in [0, 0.1) is 0 Å². The van der Waals surface area contributed by atoms with E-state index in [4.69, 9.17) is 4.74 Å². The van der Waals surface area contributed by atoms with E-state index in [1.165, 1.54) is 0 Å². The highest BCUT2D eigenvalue weighted by Crippen LogP contribution is 2.24. The Labute approximate surface area is 184 Å². The molecule has 0 radical (unpaired) electrons. The van der Waals surface area contributed by atoms with Crippen LogP contribution in [0.2, 0.25) is 0 Å². The van der Waals surface area contributed by atoms with E-state index in [0.29, 0.717) is 24.4 Å². The van der Waals surface area contributed by atoms with E-state index in [1.54, 1.807) is 6.92 Å². The second-order valence-corrected chi connectivity index (χ2v) is 8.33. The Kier molecular flexibility index (Phi) is 6.04. The molecule has 0 saturated carbocycles. The monoisotopic (exact) mass is 466 g/mol. The average Bonchev–Trinajstić information content (AvgIpc) is 2.77. The fraction of sp³-hybridized carbons (Fsp3) is 0.250. The fourth-order valence-electron chi connectivity index (χ4n) is 3.64. The summed E-state index contributed by atoms with van der Waals surface area (Å²) in [5.41, 5.74) is 1.79. The minimum Gasteiger partial charge on any atom is -0.484 e. The number of carbonyl (C=O) groups excluding carboxylic acids is 2. The number of ketones is 1. The third-order valence-corrected chi connectivity index (χ3v) is 5.90. The van der Waals surface area contributed by atoms with Crippen molar-refractivity contribution in [3.63, 3.8) is 0 Å². The Balaban J connectivity index is 1.30. The summed E-state index contributed by atoms with van der Waals surface area (Å²) < 4.78 is 6.79. The Bertz CT molecular complexity index is 1070. The topological polar surface area (TPSA) is 49.9 Å². The normalized spacial score (nSPS) is 14.1. The van der Waals surface area contributed by atoms with Gasteiger partial charge in [0, 0.05) is 41.9 Å². The molecule has 0 aliphatic carbocycles. The van der Waals surface area contributed by atoms with Crippen molar-refractivity contribution in [1.82, 2.24) is 4.90 Å². The van der Waals surface area contributed by atoms with E-state index in [9.17, 15) is 9.59 Å². The molecule has 1 aliphatic rings. The molecule has 0 N–H and O–H groups in total. The van der Waals surface area contributed by atoms with Gasteiger partial charge >= 0.3 is 0 Å². The third-order valence-electron chi connectivity index (χ3n) is 5.41. The molecule has 0 bridgehead atoms. The van der Waals surface area contributed by atoms with Crippen molar-refractivity contribution in [3.05, 3.63) is 70.7 Å². The molecule has 1 fully saturated rings. The van der Waals surface area contributed by atoms with Crippen LogP contribution < -0.4 is 9.64 Å². The van der Waals surface area contributed by atoms with Gasteiger partial charge in [0.25, 0.3) is 5.91 Å². The largest absolute Gasteiger partial charge is 0.484 e. The van der Waals surface area contributed by atoms with Crippen molar-refractivity contribution >= 4 is 44.1 Å². The summed E-state index contributed by atoms with van der Waals surface area (Å²) in [4.78, 5) is 28.1. The molecular formula is C24H23BrN2O3. The average molecular weight is 467 g/mol. The molecule has 1 heterocycles. The van der Waals surface area contributed by atoms with Gasteiger partial charge < -0.3 is 14.5 Å². The zero-order chi connectivity index (χ0) is 21.1. The first kappa shape index (κ1) is 20.4. The fourth-order valence-corrected chi connectivity index (χ4v) is 4.02. The molecule has 0 atom stereocenters. The van der Waals surface area contributed by atoms with Gasteiger partial charge in [-0.25, -0.2) is 0 Å². The second kappa shape index (κ2) is 8.88. The van der Waals surface area contributed by atoms with Crippen molar-refractivity contribution in [3.8, 4) is 5.75 Å². The van der Waals surface area contributed by atoms with Gasteiger partial charge in [-0.05, 0) is 66.2 Å². The molecule has 3 aromatic rings. The van der Waals surface area contributed by atoms with Gasteiger partial charge in [0.1, 0.15) is 5.75 Å². The molecule has 5 nitrogen and oxygen atoms in total. The predicted octanol–water partition coefficient (Wildman–Crippen LogP) is 4.53. The number of halogens is 1. The second-order valence-electron chi connectivity index (χ2n) is 7.41. The van der Waals surface area contributed by atoms with Crippen LogP contribution in [-0.2, 0) is 4.79 Å². The first-order valence-corrected chi connectivity index (χ1v) is 10.7. The number of fused-ring (bicyclic) bond motifs is 1. The summed E-state index contributed by atoms with van der Waals surface area (Å²) in [5, 5.41) is 2.20. The summed E-state index contributed by atoms with van der Waals surface area (Å²) in [6.45, 7) is 4.44. The zero-order valence-electron chi connectivity index (χ0n) is 16.8. The highest BCUT2D eigenvalue weighted by atomic mass is 79.9. The highest BCUT2D eigenvalue weighted by Gasteiger charge is 2.21. The lowest BCUT2D eigenvalue weighted by molar-refractivity contribution is -0.133. The van der Waals surface area contributed by atoms with Crippen molar-refractivity contribution in [1.29, 1.82) is 0 Å². The zero-order valence-corrected chi connectivity index (χ0v) is 18.4. The van der Waals surface area contributed by atoms with Gasteiger partial charge in [0.2, 0.25) is 0 Å². The quantitative estimate of drug-likeness (QED) is 0.518. The van der Waals surface area contributed by atoms with E-state index in [1.807, 2.05) is 59.5 Å². The van der Waals surface area contributed by atoms with Gasteiger partial charge in [0.05, 0.1) is 0 Å². The molecule has 154 valence electrons. The lowest BCUT2D eigenvalue weighted by atomic mass is 10.1. The van der Waals surface area contributed by atoms with Crippen LogP contribution in [0.25, 0.3) is 10.8 Å². The lowest BCUT2D eigenvalue weighted by Crippen LogP contribution is -2.50. The standard InChI is InChI=1S/C24H23BrN2O3/c1-17(28)18-3-7-22(8-4-18)26-10-12-27(13-11-26)24(29)16-30-23-9-5-19-14-21(25)6-2-20(19)15-23/h2-9,14-15H,10-13,16H2,1H3. The van der Waals surface area contributed by atoms with E-state index >= 15 is 0 Å². The first-order valence-electron chi connectivity index (χ1n) is 9.95. The predicted molar refractivity (Wildman–Crippen MR) is 122 cm³/mol. The van der Waals surface area contributed by atoms with Gasteiger partial charge in [0.15, 0.2) is 12.4 Å². The summed E-state index contributed by atoms with van der Waals surface area (Å²) in [6.07, 6.45) is 0. The van der Waals surface area contributed by atoms with Crippen LogP contribution in [0.15, 0.2) is 65.1 Å². The van der Waals surface area contributed by atoms with Crippen molar-refractivity contribution in [2.24, 2.45) is 0 Å². The van der Waals surface area contributed by atoms with Crippen molar-refractivity contribution in [2.45, 2.75) is 6.92 Å². The molecule has 6 heteroatoms. The van der Waals surface area contributed by atoms with Crippen LogP contribution in [0.1, 0.15) is 17.3 Å². The molecule has 1 aliphatic heterocycles. The first-order chi connectivity index (χ1) is 14.5. The van der Waals surface area contributed by atoms with Crippen LogP contribution in [0.4, 0.5) is 5.69 Å².